The fourth-order valence-corrected chi connectivity index (χ4v) is 4.60. The summed E-state index contributed by atoms with van der Waals surface area (Å²) in [6.45, 7) is 8.87. The molecule has 1 aromatic heterocycles. The van der Waals surface area contributed by atoms with Crippen molar-refractivity contribution >= 4 is 0 Å². The third-order valence-corrected chi connectivity index (χ3v) is 6.30. The minimum absolute atomic E-state index is 0.0728. The second-order valence-electron chi connectivity index (χ2n) is 9.91. The average Bonchev–Trinajstić information content (AvgIpc) is 3.47. The molecule has 2 atom stereocenters. The van der Waals surface area contributed by atoms with Gasteiger partial charge in [0.05, 0.1) is 30.5 Å². The molecule has 0 aliphatic carbocycles. The van der Waals surface area contributed by atoms with Crippen LogP contribution >= 0.6 is 0 Å². The summed E-state index contributed by atoms with van der Waals surface area (Å²) < 4.78 is 19.9. The molecule has 36 heavy (non-hydrogen) atoms. The van der Waals surface area contributed by atoms with Gasteiger partial charge in [0.25, 0.3) is 0 Å². The average molecular weight is 494 g/mol. The summed E-state index contributed by atoms with van der Waals surface area (Å²) in [6, 6.07) is 18.2. The van der Waals surface area contributed by atoms with E-state index in [2.05, 4.69) is 30.0 Å². The van der Waals surface area contributed by atoms with Gasteiger partial charge in [-0.25, -0.2) is 4.68 Å². The number of rotatable bonds is 12. The molecule has 1 fully saturated rings. The molecule has 7 nitrogen and oxygen atoms in total. The molecule has 0 saturated carbocycles. The Hall–Kier alpha value is -2.71. The third kappa shape index (κ3) is 7.17. The highest BCUT2D eigenvalue weighted by molar-refractivity contribution is 5.65. The van der Waals surface area contributed by atoms with Crippen molar-refractivity contribution in [1.82, 2.24) is 14.7 Å². The van der Waals surface area contributed by atoms with E-state index in [9.17, 15) is 5.11 Å². The molecule has 1 saturated heterocycles. The maximum absolute atomic E-state index is 10.8. The van der Waals surface area contributed by atoms with E-state index in [1.165, 1.54) is 0 Å². The van der Waals surface area contributed by atoms with E-state index in [1.54, 1.807) is 0 Å². The number of hydrogen-bond donors (Lipinski definition) is 1. The molecule has 0 unspecified atom stereocenters. The highest BCUT2D eigenvalue weighted by Crippen LogP contribution is 2.34. The Balaban J connectivity index is 1.66. The molecule has 7 heteroatoms. The Labute approximate surface area is 214 Å². The highest BCUT2D eigenvalue weighted by atomic mass is 16.5. The number of aliphatic hydroxyl groups excluding tert-OH is 1. The van der Waals surface area contributed by atoms with Crippen molar-refractivity contribution in [2.75, 3.05) is 26.3 Å². The quantitative estimate of drug-likeness (QED) is 0.385. The molecule has 1 aliphatic rings. The lowest BCUT2D eigenvalue weighted by Crippen LogP contribution is -2.39. The van der Waals surface area contributed by atoms with Crippen LogP contribution < -0.4 is 4.74 Å². The zero-order valence-corrected chi connectivity index (χ0v) is 21.9. The van der Waals surface area contributed by atoms with Crippen molar-refractivity contribution in [1.29, 1.82) is 0 Å². The molecule has 1 N–H and O–H groups in total. The van der Waals surface area contributed by atoms with Crippen LogP contribution in [0.15, 0.2) is 54.6 Å². The van der Waals surface area contributed by atoms with Crippen LogP contribution in [0.1, 0.15) is 37.8 Å². The Morgan fingerprint density at radius 1 is 1.17 bits per heavy atom. The molecular weight excluding hydrogens is 454 g/mol. The van der Waals surface area contributed by atoms with Gasteiger partial charge in [-0.2, -0.15) is 5.10 Å². The van der Waals surface area contributed by atoms with E-state index < -0.39 is 6.10 Å². The summed E-state index contributed by atoms with van der Waals surface area (Å²) in [5.74, 6) is 1.47. The number of nitrogens with zero attached hydrogens (tertiary/aromatic N) is 3. The molecule has 2 aromatic carbocycles. The Morgan fingerprint density at radius 2 is 1.97 bits per heavy atom. The SMILES string of the molecule is Cc1cccc(Oc2c(CN(C[C@H](O)COC(C)C)C[C@@H]3CCCO3)c(-c3ccccc3)nn2C)c1. The van der Waals surface area contributed by atoms with Crippen molar-refractivity contribution < 1.29 is 19.3 Å². The molecule has 0 spiro atoms. The Kier molecular flexibility index (Phi) is 9.15. The second-order valence-corrected chi connectivity index (χ2v) is 9.91. The highest BCUT2D eigenvalue weighted by Gasteiger charge is 2.26. The van der Waals surface area contributed by atoms with Gasteiger partial charge in [-0.1, -0.05) is 42.5 Å². The first-order chi connectivity index (χ1) is 17.4. The van der Waals surface area contributed by atoms with Gasteiger partial charge in [-0.3, -0.25) is 4.90 Å². The fraction of sp³-hybridized carbons (Fsp3) is 0.483. The maximum Gasteiger partial charge on any atom is 0.222 e. The molecule has 4 rings (SSSR count). The number of aromatic nitrogens is 2. The summed E-state index contributed by atoms with van der Waals surface area (Å²) in [4.78, 5) is 2.25. The largest absolute Gasteiger partial charge is 0.439 e. The van der Waals surface area contributed by atoms with Gasteiger partial charge < -0.3 is 19.3 Å². The lowest BCUT2D eigenvalue weighted by molar-refractivity contribution is -0.0172. The van der Waals surface area contributed by atoms with E-state index in [-0.39, 0.29) is 12.2 Å². The van der Waals surface area contributed by atoms with Gasteiger partial charge in [0.2, 0.25) is 5.88 Å². The first kappa shape index (κ1) is 26.4. The molecule has 0 amide bonds. The predicted molar refractivity (Wildman–Crippen MR) is 141 cm³/mol. The van der Waals surface area contributed by atoms with Crippen molar-refractivity contribution in [2.45, 2.75) is 58.5 Å². The van der Waals surface area contributed by atoms with E-state index in [4.69, 9.17) is 19.3 Å². The van der Waals surface area contributed by atoms with Crippen molar-refractivity contribution in [3.05, 3.63) is 65.7 Å². The topological polar surface area (TPSA) is 69.0 Å². The van der Waals surface area contributed by atoms with Gasteiger partial charge in [-0.05, 0) is 51.3 Å². The van der Waals surface area contributed by atoms with Gasteiger partial charge in [0, 0.05) is 38.9 Å². The van der Waals surface area contributed by atoms with Crippen LogP contribution in [-0.2, 0) is 23.1 Å². The normalized spacial score (nSPS) is 16.7. The third-order valence-electron chi connectivity index (χ3n) is 6.30. The molecule has 0 bridgehead atoms. The molecule has 0 radical (unpaired) electrons. The Morgan fingerprint density at radius 3 is 2.67 bits per heavy atom. The number of hydrogen-bond acceptors (Lipinski definition) is 6. The monoisotopic (exact) mass is 493 g/mol. The van der Waals surface area contributed by atoms with E-state index >= 15 is 0 Å². The van der Waals surface area contributed by atoms with Crippen molar-refractivity contribution in [3.63, 3.8) is 0 Å². The zero-order valence-electron chi connectivity index (χ0n) is 21.9. The molecule has 1 aliphatic heterocycles. The van der Waals surface area contributed by atoms with E-state index in [1.807, 2.05) is 62.0 Å². The van der Waals surface area contributed by atoms with Crippen molar-refractivity contribution in [3.8, 4) is 22.9 Å². The standard InChI is InChI=1S/C29H39N3O4/c1-21(2)35-20-24(33)17-32(18-26-14-9-15-34-26)19-27-28(23-11-6-5-7-12-23)30-31(4)29(27)36-25-13-8-10-22(3)16-25/h5-8,10-13,16,21,24,26,33H,9,14-15,17-20H2,1-4H3/t24-,26-/m0/s1. The summed E-state index contributed by atoms with van der Waals surface area (Å²) in [6.07, 6.45) is 1.72. The smallest absolute Gasteiger partial charge is 0.222 e. The first-order valence-electron chi connectivity index (χ1n) is 12.9. The second kappa shape index (κ2) is 12.5. The van der Waals surface area contributed by atoms with E-state index in [0.717, 1.165) is 54.1 Å². The van der Waals surface area contributed by atoms with Gasteiger partial charge >= 0.3 is 0 Å². The van der Waals surface area contributed by atoms with Crippen LogP contribution in [-0.4, -0.2) is 64.4 Å². The molecule has 2 heterocycles. The number of aliphatic hydroxyl groups is 1. The zero-order chi connectivity index (χ0) is 25.5. The van der Waals surface area contributed by atoms with E-state index in [0.29, 0.717) is 25.6 Å². The summed E-state index contributed by atoms with van der Waals surface area (Å²) >= 11 is 0. The lowest BCUT2D eigenvalue weighted by Gasteiger charge is -2.28. The van der Waals surface area contributed by atoms with Gasteiger partial charge in [-0.15, -0.1) is 0 Å². The maximum atomic E-state index is 10.8. The minimum atomic E-state index is -0.605. The summed E-state index contributed by atoms with van der Waals surface area (Å²) in [5, 5.41) is 15.7. The van der Waals surface area contributed by atoms with Crippen LogP contribution in [0.5, 0.6) is 11.6 Å². The number of benzene rings is 2. The van der Waals surface area contributed by atoms with Crippen LogP contribution in [0.2, 0.25) is 0 Å². The molecular formula is C29H39N3O4. The summed E-state index contributed by atoms with van der Waals surface area (Å²) in [5.41, 5.74) is 4.03. The first-order valence-corrected chi connectivity index (χ1v) is 12.9. The van der Waals surface area contributed by atoms with Gasteiger partial charge in [0.15, 0.2) is 0 Å². The Bertz CT molecular complexity index is 1090. The van der Waals surface area contributed by atoms with Gasteiger partial charge in [0.1, 0.15) is 11.4 Å². The lowest BCUT2D eigenvalue weighted by atomic mass is 10.1. The predicted octanol–water partition coefficient (Wildman–Crippen LogP) is 4.95. The van der Waals surface area contributed by atoms with Crippen LogP contribution in [0.25, 0.3) is 11.3 Å². The number of aryl methyl sites for hydroxylation is 2. The molecule has 194 valence electrons. The minimum Gasteiger partial charge on any atom is -0.439 e. The number of ether oxygens (including phenoxy) is 3. The fourth-order valence-electron chi connectivity index (χ4n) is 4.60. The van der Waals surface area contributed by atoms with Crippen LogP contribution in [0.3, 0.4) is 0 Å². The molecule has 3 aromatic rings. The summed E-state index contributed by atoms with van der Waals surface area (Å²) in [7, 11) is 1.91. The van der Waals surface area contributed by atoms with Crippen LogP contribution in [0.4, 0.5) is 0 Å². The van der Waals surface area contributed by atoms with Crippen LogP contribution in [0, 0.1) is 6.92 Å². The van der Waals surface area contributed by atoms with Crippen molar-refractivity contribution in [2.24, 2.45) is 7.05 Å².